The first-order valence-corrected chi connectivity index (χ1v) is 6.23. The van der Waals surface area contributed by atoms with Crippen LogP contribution in [0.4, 0.5) is 4.39 Å². The van der Waals surface area contributed by atoms with Crippen LogP contribution in [-0.2, 0) is 5.54 Å². The molecule has 0 saturated carbocycles. The number of hydrogen-bond acceptors (Lipinski definition) is 2. The molecular formula is C14H14ClFN2O. The molecule has 1 heterocycles. The summed E-state index contributed by atoms with van der Waals surface area (Å²) in [6, 6.07) is 6.18. The largest absolute Gasteiger partial charge is 0.298 e. The maximum atomic E-state index is 13.8. The summed E-state index contributed by atoms with van der Waals surface area (Å²) in [5.41, 5.74) is 0.363. The van der Waals surface area contributed by atoms with Gasteiger partial charge in [-0.25, -0.2) is 9.07 Å². The molecule has 0 N–H and O–H groups in total. The highest BCUT2D eigenvalue weighted by molar-refractivity contribution is 6.32. The molecule has 100 valence electrons. The van der Waals surface area contributed by atoms with Crippen molar-refractivity contribution in [1.82, 2.24) is 9.78 Å². The van der Waals surface area contributed by atoms with Crippen molar-refractivity contribution in [2.75, 3.05) is 0 Å². The third kappa shape index (κ3) is 2.40. The molecule has 0 spiro atoms. The summed E-state index contributed by atoms with van der Waals surface area (Å²) >= 11 is 6.16. The molecular weight excluding hydrogens is 267 g/mol. The van der Waals surface area contributed by atoms with E-state index in [4.69, 9.17) is 11.6 Å². The van der Waals surface area contributed by atoms with E-state index in [1.165, 1.54) is 10.7 Å². The first-order chi connectivity index (χ1) is 8.86. The summed E-state index contributed by atoms with van der Waals surface area (Å²) in [5, 5.41) is 4.52. The van der Waals surface area contributed by atoms with Gasteiger partial charge in [0.25, 0.3) is 0 Å². The van der Waals surface area contributed by atoms with E-state index in [2.05, 4.69) is 5.10 Å². The zero-order valence-electron chi connectivity index (χ0n) is 10.9. The highest BCUT2D eigenvalue weighted by atomic mass is 35.5. The lowest BCUT2D eigenvalue weighted by Crippen LogP contribution is -2.23. The first-order valence-electron chi connectivity index (χ1n) is 5.85. The summed E-state index contributed by atoms with van der Waals surface area (Å²) in [5.74, 6) is -0.430. The van der Waals surface area contributed by atoms with Crippen LogP contribution in [0.5, 0.6) is 0 Å². The van der Waals surface area contributed by atoms with Crippen molar-refractivity contribution in [2.24, 2.45) is 0 Å². The molecule has 0 atom stereocenters. The summed E-state index contributed by atoms with van der Waals surface area (Å²) in [6.07, 6.45) is 0.610. The minimum atomic E-state index is -0.430. The summed E-state index contributed by atoms with van der Waals surface area (Å²) in [7, 11) is 0. The van der Waals surface area contributed by atoms with Gasteiger partial charge in [0.1, 0.15) is 16.7 Å². The van der Waals surface area contributed by atoms with Crippen LogP contribution in [0.1, 0.15) is 31.1 Å². The van der Waals surface area contributed by atoms with E-state index in [9.17, 15) is 9.18 Å². The number of rotatable bonds is 2. The molecule has 0 radical (unpaired) electrons. The summed E-state index contributed by atoms with van der Waals surface area (Å²) < 4.78 is 15.3. The van der Waals surface area contributed by atoms with Gasteiger partial charge in [-0.1, -0.05) is 23.7 Å². The number of carbonyl (C=O) groups excluding carboxylic acids is 1. The van der Waals surface area contributed by atoms with E-state index in [-0.39, 0.29) is 22.0 Å². The molecule has 1 aromatic carbocycles. The van der Waals surface area contributed by atoms with Gasteiger partial charge in [0, 0.05) is 5.56 Å². The average Bonchev–Trinajstić information content (AvgIpc) is 2.66. The Labute approximate surface area is 116 Å². The number of hydrogen-bond donors (Lipinski definition) is 0. The highest BCUT2D eigenvalue weighted by Crippen LogP contribution is 2.32. The van der Waals surface area contributed by atoms with Crippen LogP contribution in [0.15, 0.2) is 24.3 Å². The van der Waals surface area contributed by atoms with Crippen molar-refractivity contribution in [3.05, 3.63) is 40.8 Å². The van der Waals surface area contributed by atoms with Gasteiger partial charge in [-0.15, -0.1) is 0 Å². The summed E-state index contributed by atoms with van der Waals surface area (Å²) in [6.45, 7) is 5.72. The molecule has 5 heteroatoms. The second-order valence-electron chi connectivity index (χ2n) is 5.23. The van der Waals surface area contributed by atoms with Crippen molar-refractivity contribution in [3.8, 4) is 11.3 Å². The quantitative estimate of drug-likeness (QED) is 0.782. The van der Waals surface area contributed by atoms with E-state index < -0.39 is 11.4 Å². The fourth-order valence-corrected chi connectivity index (χ4v) is 2.24. The molecule has 0 aliphatic rings. The molecule has 0 amide bonds. The highest BCUT2D eigenvalue weighted by Gasteiger charge is 2.25. The number of benzene rings is 1. The molecule has 1 aromatic heterocycles. The van der Waals surface area contributed by atoms with Crippen LogP contribution < -0.4 is 0 Å². The Hall–Kier alpha value is -1.68. The van der Waals surface area contributed by atoms with Gasteiger partial charge in [-0.2, -0.15) is 5.10 Å². The smallest absolute Gasteiger partial charge is 0.155 e. The van der Waals surface area contributed by atoms with Gasteiger partial charge < -0.3 is 0 Å². The predicted octanol–water partition coefficient (Wildman–Crippen LogP) is 3.91. The second-order valence-corrected chi connectivity index (χ2v) is 5.59. The zero-order chi connectivity index (χ0) is 14.2. The van der Waals surface area contributed by atoms with Gasteiger partial charge in [0.15, 0.2) is 6.29 Å². The van der Waals surface area contributed by atoms with Crippen LogP contribution in [0.25, 0.3) is 11.3 Å². The Bertz CT molecular complexity index is 629. The fourth-order valence-electron chi connectivity index (χ4n) is 1.81. The maximum Gasteiger partial charge on any atom is 0.155 e. The van der Waals surface area contributed by atoms with E-state index in [1.807, 2.05) is 20.8 Å². The lowest BCUT2D eigenvalue weighted by molar-refractivity contribution is 0.112. The lowest BCUT2D eigenvalue weighted by atomic mass is 10.1. The Morgan fingerprint density at radius 2 is 1.95 bits per heavy atom. The monoisotopic (exact) mass is 280 g/mol. The number of halogens is 2. The fraction of sp³-hybridized carbons (Fsp3) is 0.286. The molecule has 0 aliphatic carbocycles. The van der Waals surface area contributed by atoms with Crippen LogP contribution in [0.3, 0.4) is 0 Å². The van der Waals surface area contributed by atoms with E-state index in [0.29, 0.717) is 6.29 Å². The third-order valence-corrected chi connectivity index (χ3v) is 3.11. The van der Waals surface area contributed by atoms with Crippen molar-refractivity contribution >= 4 is 17.9 Å². The topological polar surface area (TPSA) is 34.9 Å². The minimum absolute atomic E-state index is 0.210. The first kappa shape index (κ1) is 13.7. The summed E-state index contributed by atoms with van der Waals surface area (Å²) in [4.78, 5) is 11.2. The molecule has 0 aliphatic heterocycles. The van der Waals surface area contributed by atoms with Gasteiger partial charge in [-0.3, -0.25) is 4.79 Å². The molecule has 2 aromatic rings. The van der Waals surface area contributed by atoms with Crippen molar-refractivity contribution in [2.45, 2.75) is 26.3 Å². The van der Waals surface area contributed by atoms with Crippen LogP contribution >= 0.6 is 11.6 Å². The van der Waals surface area contributed by atoms with Gasteiger partial charge in [-0.05, 0) is 32.9 Å². The number of carbonyl (C=O) groups is 1. The number of aromatic nitrogens is 2. The Kier molecular flexibility index (Phi) is 3.45. The molecule has 0 saturated heterocycles. The van der Waals surface area contributed by atoms with Crippen LogP contribution in [0, 0.1) is 5.82 Å². The van der Waals surface area contributed by atoms with Gasteiger partial charge in [0.05, 0.1) is 11.1 Å². The molecule has 0 fully saturated rings. The normalized spacial score (nSPS) is 11.6. The average molecular weight is 281 g/mol. The molecule has 2 rings (SSSR count). The van der Waals surface area contributed by atoms with Crippen molar-refractivity contribution < 1.29 is 9.18 Å². The van der Waals surface area contributed by atoms with E-state index in [0.717, 1.165) is 0 Å². The van der Waals surface area contributed by atoms with E-state index >= 15 is 0 Å². The standard InChI is InChI=1S/C14H14ClFN2O/c1-14(2,3)18-13(15)10(8-19)12(17-18)9-6-4-5-7-11(9)16/h4-8H,1-3H3. The minimum Gasteiger partial charge on any atom is -0.298 e. The lowest BCUT2D eigenvalue weighted by Gasteiger charge is -2.20. The van der Waals surface area contributed by atoms with E-state index in [1.54, 1.807) is 18.2 Å². The SMILES string of the molecule is CC(C)(C)n1nc(-c2ccccc2F)c(C=O)c1Cl. The predicted molar refractivity (Wildman–Crippen MR) is 73.0 cm³/mol. The zero-order valence-corrected chi connectivity index (χ0v) is 11.7. The second kappa shape index (κ2) is 4.78. The molecule has 0 bridgehead atoms. The van der Waals surface area contributed by atoms with Crippen molar-refractivity contribution in [1.29, 1.82) is 0 Å². The molecule has 3 nitrogen and oxygen atoms in total. The van der Waals surface area contributed by atoms with Gasteiger partial charge >= 0.3 is 0 Å². The molecule has 0 unspecified atom stereocenters. The number of aldehydes is 1. The Balaban J connectivity index is 2.72. The van der Waals surface area contributed by atoms with Gasteiger partial charge in [0.2, 0.25) is 0 Å². The third-order valence-electron chi connectivity index (χ3n) is 2.75. The molecule has 19 heavy (non-hydrogen) atoms. The van der Waals surface area contributed by atoms with Crippen LogP contribution in [-0.4, -0.2) is 16.1 Å². The maximum absolute atomic E-state index is 13.8. The number of nitrogens with zero attached hydrogens (tertiary/aromatic N) is 2. The Morgan fingerprint density at radius 1 is 1.32 bits per heavy atom. The van der Waals surface area contributed by atoms with Crippen molar-refractivity contribution in [3.63, 3.8) is 0 Å². The Morgan fingerprint density at radius 3 is 2.47 bits per heavy atom. The van der Waals surface area contributed by atoms with Crippen LogP contribution in [0.2, 0.25) is 5.15 Å².